The standard InChI is InChI=1S/C23H25N5O3S/c1-13-4-7-18-15(10-13)19-21-26-20(27-28(21)12-25-23(19)32-18)22(29)24-9-8-14-5-6-16(30-2)17(11-14)31-3/h5-6,11-13H,4,7-10H2,1-3H3,(H,24,29). The van der Waals surface area contributed by atoms with Crippen molar-refractivity contribution < 1.29 is 14.3 Å². The Balaban J connectivity index is 1.34. The van der Waals surface area contributed by atoms with Crippen molar-refractivity contribution in [1.82, 2.24) is 24.9 Å². The lowest BCUT2D eigenvalue weighted by Gasteiger charge is -2.17. The lowest BCUT2D eigenvalue weighted by atomic mass is 9.89. The molecule has 0 bridgehead atoms. The number of ether oxygens (including phenoxy) is 2. The number of carbonyl (C=O) groups excluding carboxylic acids is 1. The minimum atomic E-state index is -0.292. The molecule has 0 spiro atoms. The molecule has 4 aromatic rings. The van der Waals surface area contributed by atoms with Gasteiger partial charge in [-0.2, -0.15) is 0 Å². The monoisotopic (exact) mass is 451 g/mol. The number of methoxy groups -OCH3 is 2. The first-order valence-electron chi connectivity index (χ1n) is 10.7. The zero-order valence-electron chi connectivity index (χ0n) is 18.3. The molecule has 0 radical (unpaired) electrons. The predicted molar refractivity (Wildman–Crippen MR) is 123 cm³/mol. The van der Waals surface area contributed by atoms with Crippen LogP contribution in [0, 0.1) is 5.92 Å². The molecule has 1 unspecified atom stereocenters. The zero-order chi connectivity index (χ0) is 22.2. The molecule has 0 saturated heterocycles. The number of aromatic nitrogens is 4. The Bertz CT molecular complexity index is 1310. The summed E-state index contributed by atoms with van der Waals surface area (Å²) in [5, 5.41) is 8.36. The molecular formula is C23H25N5O3S. The van der Waals surface area contributed by atoms with E-state index < -0.39 is 0 Å². The molecule has 166 valence electrons. The third-order valence-corrected chi connectivity index (χ3v) is 7.18. The molecule has 32 heavy (non-hydrogen) atoms. The first-order valence-corrected chi connectivity index (χ1v) is 11.5. The van der Waals surface area contributed by atoms with Gasteiger partial charge >= 0.3 is 0 Å². The normalized spacial score (nSPS) is 15.7. The van der Waals surface area contributed by atoms with Crippen LogP contribution in [0.25, 0.3) is 15.9 Å². The predicted octanol–water partition coefficient (Wildman–Crippen LogP) is 3.45. The lowest BCUT2D eigenvalue weighted by Crippen LogP contribution is -2.26. The van der Waals surface area contributed by atoms with Crippen molar-refractivity contribution >= 4 is 33.1 Å². The van der Waals surface area contributed by atoms with Gasteiger partial charge in [0.2, 0.25) is 5.82 Å². The minimum Gasteiger partial charge on any atom is -0.493 e. The van der Waals surface area contributed by atoms with E-state index in [1.807, 2.05) is 18.2 Å². The van der Waals surface area contributed by atoms with Crippen LogP contribution in [0.3, 0.4) is 0 Å². The maximum atomic E-state index is 12.7. The Labute approximate surface area is 189 Å². The van der Waals surface area contributed by atoms with Gasteiger partial charge in [0.15, 0.2) is 17.1 Å². The van der Waals surface area contributed by atoms with E-state index in [9.17, 15) is 4.79 Å². The van der Waals surface area contributed by atoms with E-state index >= 15 is 0 Å². The molecule has 5 rings (SSSR count). The van der Waals surface area contributed by atoms with Gasteiger partial charge in [-0.05, 0) is 54.9 Å². The highest BCUT2D eigenvalue weighted by molar-refractivity contribution is 7.19. The van der Waals surface area contributed by atoms with Gasteiger partial charge in [0.1, 0.15) is 11.2 Å². The Kier molecular flexibility index (Phi) is 5.42. The van der Waals surface area contributed by atoms with E-state index in [0.29, 0.717) is 36.0 Å². The number of fused-ring (bicyclic) bond motifs is 5. The number of hydrogen-bond donors (Lipinski definition) is 1. The van der Waals surface area contributed by atoms with Crippen molar-refractivity contribution in [3.63, 3.8) is 0 Å². The SMILES string of the molecule is COc1ccc(CCNC(=O)c2nc3c4c5c(sc4ncn3n2)CCC(C)C5)cc1OC. The van der Waals surface area contributed by atoms with Crippen LogP contribution in [-0.4, -0.2) is 46.3 Å². The van der Waals surface area contributed by atoms with Crippen molar-refractivity contribution in [2.24, 2.45) is 5.92 Å². The van der Waals surface area contributed by atoms with E-state index in [4.69, 9.17) is 9.47 Å². The molecule has 0 saturated carbocycles. The fourth-order valence-electron chi connectivity index (χ4n) is 4.28. The highest BCUT2D eigenvalue weighted by atomic mass is 32.1. The maximum absolute atomic E-state index is 12.7. The molecule has 1 amide bonds. The third kappa shape index (κ3) is 3.66. The second-order valence-electron chi connectivity index (χ2n) is 8.18. The maximum Gasteiger partial charge on any atom is 0.291 e. The lowest BCUT2D eigenvalue weighted by molar-refractivity contribution is 0.0944. The summed E-state index contributed by atoms with van der Waals surface area (Å²) >= 11 is 1.74. The Morgan fingerprint density at radius 1 is 1.28 bits per heavy atom. The number of benzene rings is 1. The summed E-state index contributed by atoms with van der Waals surface area (Å²) in [6, 6.07) is 5.73. The van der Waals surface area contributed by atoms with E-state index in [-0.39, 0.29) is 11.7 Å². The van der Waals surface area contributed by atoms with Gasteiger partial charge in [0.05, 0.1) is 19.6 Å². The molecule has 9 heteroatoms. The molecule has 1 atom stereocenters. The van der Waals surface area contributed by atoms with Gasteiger partial charge in [-0.1, -0.05) is 13.0 Å². The van der Waals surface area contributed by atoms with Crippen molar-refractivity contribution in [3.05, 3.63) is 46.4 Å². The number of nitrogens with one attached hydrogen (secondary N) is 1. The molecule has 1 aliphatic rings. The van der Waals surface area contributed by atoms with Gasteiger partial charge in [-0.3, -0.25) is 4.79 Å². The number of rotatable bonds is 6. The van der Waals surface area contributed by atoms with Crippen molar-refractivity contribution in [1.29, 1.82) is 0 Å². The molecule has 1 aliphatic carbocycles. The van der Waals surface area contributed by atoms with E-state index in [1.54, 1.807) is 36.4 Å². The minimum absolute atomic E-state index is 0.162. The summed E-state index contributed by atoms with van der Waals surface area (Å²) in [5.41, 5.74) is 3.08. The quantitative estimate of drug-likeness (QED) is 0.483. The number of nitrogens with zero attached hydrogens (tertiary/aromatic N) is 4. The van der Waals surface area contributed by atoms with Gasteiger partial charge in [0.25, 0.3) is 5.91 Å². The van der Waals surface area contributed by atoms with Crippen LogP contribution in [0.1, 0.15) is 40.0 Å². The van der Waals surface area contributed by atoms with Crippen LogP contribution >= 0.6 is 11.3 Å². The summed E-state index contributed by atoms with van der Waals surface area (Å²) in [7, 11) is 3.21. The Morgan fingerprint density at radius 3 is 2.94 bits per heavy atom. The smallest absolute Gasteiger partial charge is 0.291 e. The summed E-state index contributed by atoms with van der Waals surface area (Å²) in [5.74, 6) is 1.86. The second kappa shape index (κ2) is 8.38. The highest BCUT2D eigenvalue weighted by Crippen LogP contribution is 2.38. The van der Waals surface area contributed by atoms with E-state index in [0.717, 1.165) is 28.6 Å². The van der Waals surface area contributed by atoms with Crippen molar-refractivity contribution in [2.45, 2.75) is 32.6 Å². The summed E-state index contributed by atoms with van der Waals surface area (Å²) in [6.45, 7) is 2.74. The Morgan fingerprint density at radius 2 is 2.12 bits per heavy atom. The number of carbonyl (C=O) groups is 1. The van der Waals surface area contributed by atoms with Gasteiger partial charge < -0.3 is 14.8 Å². The molecule has 3 heterocycles. The first-order chi connectivity index (χ1) is 15.6. The van der Waals surface area contributed by atoms with Crippen LogP contribution in [0.4, 0.5) is 0 Å². The molecule has 0 aliphatic heterocycles. The second-order valence-corrected chi connectivity index (χ2v) is 9.26. The van der Waals surface area contributed by atoms with Gasteiger partial charge in [-0.15, -0.1) is 16.4 Å². The number of aryl methyl sites for hydroxylation is 1. The molecule has 1 aromatic carbocycles. The molecule has 8 nitrogen and oxygen atoms in total. The average Bonchev–Trinajstić information content (AvgIpc) is 3.39. The fraction of sp³-hybridized carbons (Fsp3) is 0.391. The first kappa shape index (κ1) is 20.7. The van der Waals surface area contributed by atoms with Crippen LogP contribution in [-0.2, 0) is 19.3 Å². The Hall–Kier alpha value is -3.20. The number of hydrogen-bond acceptors (Lipinski definition) is 7. The molecular weight excluding hydrogens is 426 g/mol. The van der Waals surface area contributed by atoms with Gasteiger partial charge in [-0.25, -0.2) is 14.5 Å². The van der Waals surface area contributed by atoms with Crippen molar-refractivity contribution in [3.8, 4) is 11.5 Å². The van der Waals surface area contributed by atoms with Crippen molar-refractivity contribution in [2.75, 3.05) is 20.8 Å². The molecule has 3 aromatic heterocycles. The van der Waals surface area contributed by atoms with Crippen LogP contribution in [0.5, 0.6) is 11.5 Å². The molecule has 0 fully saturated rings. The van der Waals surface area contributed by atoms with Crippen LogP contribution in [0.2, 0.25) is 0 Å². The van der Waals surface area contributed by atoms with Crippen LogP contribution in [0.15, 0.2) is 24.5 Å². The topological polar surface area (TPSA) is 90.6 Å². The number of thiophene rings is 1. The zero-order valence-corrected chi connectivity index (χ0v) is 19.2. The summed E-state index contributed by atoms with van der Waals surface area (Å²) < 4.78 is 12.2. The third-order valence-electron chi connectivity index (χ3n) is 5.98. The average molecular weight is 452 g/mol. The fourth-order valence-corrected chi connectivity index (χ4v) is 5.46. The van der Waals surface area contributed by atoms with E-state index in [2.05, 4.69) is 27.3 Å². The van der Waals surface area contributed by atoms with Crippen LogP contribution < -0.4 is 14.8 Å². The largest absolute Gasteiger partial charge is 0.493 e. The summed E-state index contributed by atoms with van der Waals surface area (Å²) in [4.78, 5) is 24.3. The number of amides is 1. The van der Waals surface area contributed by atoms with Gasteiger partial charge in [0, 0.05) is 11.4 Å². The van der Waals surface area contributed by atoms with E-state index in [1.165, 1.54) is 16.9 Å². The summed E-state index contributed by atoms with van der Waals surface area (Å²) in [6.07, 6.45) is 5.62. The highest BCUT2D eigenvalue weighted by Gasteiger charge is 2.24. The molecule has 1 N–H and O–H groups in total.